The normalized spacial score (nSPS) is 22.5. The van der Waals surface area contributed by atoms with Gasteiger partial charge in [0.05, 0.1) is 17.7 Å². The number of piperidine rings is 1. The van der Waals surface area contributed by atoms with Gasteiger partial charge in [-0.05, 0) is 25.7 Å². The summed E-state index contributed by atoms with van der Waals surface area (Å²) in [6, 6.07) is 0. The Morgan fingerprint density at radius 1 is 1.23 bits per heavy atom. The number of carbonyl (C=O) groups excluding carboxylic acids is 1. The van der Waals surface area contributed by atoms with Gasteiger partial charge in [-0.25, -0.2) is 0 Å². The maximum Gasteiger partial charge on any atom is 0.225 e. The van der Waals surface area contributed by atoms with E-state index in [1.807, 2.05) is 11.1 Å². The number of aliphatic hydroxyl groups is 1. The van der Waals surface area contributed by atoms with Crippen LogP contribution >= 0.6 is 0 Å². The van der Waals surface area contributed by atoms with Gasteiger partial charge in [-0.3, -0.25) is 14.8 Å². The minimum Gasteiger partial charge on any atom is -0.389 e. The first-order valence-electron chi connectivity index (χ1n) is 8.42. The maximum absolute atomic E-state index is 12.5. The summed E-state index contributed by atoms with van der Waals surface area (Å²) in [7, 11) is 0. The Balaban J connectivity index is 1.51. The van der Waals surface area contributed by atoms with Crippen molar-refractivity contribution in [2.24, 2.45) is 0 Å². The highest BCUT2D eigenvalue weighted by molar-refractivity contribution is 5.77. The molecule has 0 atom stereocenters. The minimum atomic E-state index is -0.753. The van der Waals surface area contributed by atoms with Gasteiger partial charge >= 0.3 is 0 Å². The van der Waals surface area contributed by atoms with E-state index in [4.69, 9.17) is 0 Å². The fourth-order valence-electron chi connectivity index (χ4n) is 3.73. The number of rotatable bonds is 3. The number of likely N-dealkylation sites (tertiary alicyclic amines) is 1. The second kappa shape index (κ2) is 6.73. The Hall–Kier alpha value is -1.49. The third-order valence-electron chi connectivity index (χ3n) is 5.11. The van der Waals surface area contributed by atoms with Crippen molar-refractivity contribution in [3.05, 3.63) is 24.3 Å². The third kappa shape index (κ3) is 3.64. The van der Waals surface area contributed by atoms with Crippen LogP contribution in [0.4, 0.5) is 0 Å². The van der Waals surface area contributed by atoms with Crippen LogP contribution < -0.4 is 0 Å². The fraction of sp³-hybridized carbons (Fsp3) is 0.706. The van der Waals surface area contributed by atoms with Crippen LogP contribution in [0.2, 0.25) is 0 Å². The Bertz CT molecular complexity index is 492. The van der Waals surface area contributed by atoms with Crippen molar-refractivity contribution in [1.82, 2.24) is 14.9 Å². The molecule has 120 valence electrons. The molecule has 1 saturated carbocycles. The van der Waals surface area contributed by atoms with Crippen LogP contribution in [-0.4, -0.2) is 44.6 Å². The predicted molar refractivity (Wildman–Crippen MR) is 83.2 cm³/mol. The Labute approximate surface area is 131 Å². The van der Waals surface area contributed by atoms with E-state index in [9.17, 15) is 9.90 Å². The second-order valence-electron chi connectivity index (χ2n) is 6.75. The summed E-state index contributed by atoms with van der Waals surface area (Å²) in [5, 5.41) is 10.5. The molecule has 0 bridgehead atoms. The van der Waals surface area contributed by atoms with Gasteiger partial charge in [-0.1, -0.05) is 19.3 Å². The molecule has 1 N–H and O–H groups in total. The molecule has 1 saturated heterocycles. The molecule has 1 aliphatic carbocycles. The van der Waals surface area contributed by atoms with Crippen LogP contribution in [0.25, 0.3) is 0 Å². The zero-order valence-electron chi connectivity index (χ0n) is 13.1. The SMILES string of the molecule is O=C(CC1(O)CCCCC1)N1CCC(c2cnccn2)CC1. The number of aromatic nitrogens is 2. The van der Waals surface area contributed by atoms with E-state index in [2.05, 4.69) is 9.97 Å². The Kier molecular flexibility index (Phi) is 4.71. The smallest absolute Gasteiger partial charge is 0.225 e. The summed E-state index contributed by atoms with van der Waals surface area (Å²) in [6.07, 6.45) is 12.2. The average molecular weight is 303 g/mol. The third-order valence-corrected chi connectivity index (χ3v) is 5.11. The van der Waals surface area contributed by atoms with Crippen molar-refractivity contribution in [2.45, 2.75) is 62.9 Å². The van der Waals surface area contributed by atoms with Crippen LogP contribution in [0, 0.1) is 0 Å². The number of carbonyl (C=O) groups is 1. The maximum atomic E-state index is 12.5. The Morgan fingerprint density at radius 3 is 2.59 bits per heavy atom. The molecule has 2 aliphatic rings. The lowest BCUT2D eigenvalue weighted by molar-refractivity contribution is -0.138. The number of amides is 1. The quantitative estimate of drug-likeness (QED) is 0.930. The second-order valence-corrected chi connectivity index (χ2v) is 6.75. The topological polar surface area (TPSA) is 66.3 Å². The molecular weight excluding hydrogens is 278 g/mol. The largest absolute Gasteiger partial charge is 0.389 e. The van der Waals surface area contributed by atoms with Gasteiger partial charge in [0, 0.05) is 37.6 Å². The molecule has 2 fully saturated rings. The van der Waals surface area contributed by atoms with Crippen LogP contribution in [0.1, 0.15) is 63.0 Å². The molecule has 0 aromatic carbocycles. The van der Waals surface area contributed by atoms with Gasteiger partial charge in [-0.15, -0.1) is 0 Å². The van der Waals surface area contributed by atoms with Crippen molar-refractivity contribution in [3.8, 4) is 0 Å². The van der Waals surface area contributed by atoms with Gasteiger partial charge in [-0.2, -0.15) is 0 Å². The van der Waals surface area contributed by atoms with Crippen LogP contribution in [0.5, 0.6) is 0 Å². The van der Waals surface area contributed by atoms with Crippen molar-refractivity contribution in [2.75, 3.05) is 13.1 Å². The minimum absolute atomic E-state index is 0.113. The summed E-state index contributed by atoms with van der Waals surface area (Å²) >= 11 is 0. The van der Waals surface area contributed by atoms with Gasteiger partial charge in [0.2, 0.25) is 5.91 Å². The summed E-state index contributed by atoms with van der Waals surface area (Å²) in [5.74, 6) is 0.512. The van der Waals surface area contributed by atoms with E-state index in [0.717, 1.165) is 57.3 Å². The van der Waals surface area contributed by atoms with Gasteiger partial charge in [0.1, 0.15) is 0 Å². The summed E-state index contributed by atoms with van der Waals surface area (Å²) in [4.78, 5) is 22.9. The molecule has 5 heteroatoms. The van der Waals surface area contributed by atoms with Crippen molar-refractivity contribution < 1.29 is 9.90 Å². The monoisotopic (exact) mass is 303 g/mol. The molecule has 0 unspecified atom stereocenters. The van der Waals surface area contributed by atoms with E-state index in [0.29, 0.717) is 12.3 Å². The lowest BCUT2D eigenvalue weighted by Gasteiger charge is -2.36. The molecule has 1 amide bonds. The highest BCUT2D eigenvalue weighted by Gasteiger charge is 2.34. The molecule has 1 aromatic rings. The first kappa shape index (κ1) is 15.4. The molecule has 3 rings (SSSR count). The molecule has 2 heterocycles. The van der Waals surface area contributed by atoms with Gasteiger partial charge in [0.25, 0.3) is 0 Å². The molecule has 22 heavy (non-hydrogen) atoms. The highest BCUT2D eigenvalue weighted by Crippen LogP contribution is 2.32. The van der Waals surface area contributed by atoms with Crippen LogP contribution in [0.3, 0.4) is 0 Å². The molecule has 5 nitrogen and oxygen atoms in total. The summed E-state index contributed by atoms with van der Waals surface area (Å²) in [6.45, 7) is 1.52. The van der Waals surface area contributed by atoms with E-state index in [1.165, 1.54) is 6.42 Å². The fourth-order valence-corrected chi connectivity index (χ4v) is 3.73. The first-order chi connectivity index (χ1) is 10.7. The van der Waals surface area contributed by atoms with E-state index in [-0.39, 0.29) is 5.91 Å². The number of nitrogens with zero attached hydrogens (tertiary/aromatic N) is 3. The van der Waals surface area contributed by atoms with Crippen LogP contribution in [0.15, 0.2) is 18.6 Å². The van der Waals surface area contributed by atoms with Crippen molar-refractivity contribution in [1.29, 1.82) is 0 Å². The summed E-state index contributed by atoms with van der Waals surface area (Å²) in [5.41, 5.74) is 0.275. The van der Waals surface area contributed by atoms with Gasteiger partial charge in [0.15, 0.2) is 0 Å². The van der Waals surface area contributed by atoms with Gasteiger partial charge < -0.3 is 10.0 Å². The molecule has 1 aromatic heterocycles. The predicted octanol–water partition coefficient (Wildman–Crippen LogP) is 2.27. The van der Waals surface area contributed by atoms with E-state index >= 15 is 0 Å². The molecule has 0 radical (unpaired) electrons. The van der Waals surface area contributed by atoms with Crippen molar-refractivity contribution in [3.63, 3.8) is 0 Å². The highest BCUT2D eigenvalue weighted by atomic mass is 16.3. The first-order valence-corrected chi connectivity index (χ1v) is 8.42. The summed E-state index contributed by atoms with van der Waals surface area (Å²) < 4.78 is 0. The zero-order valence-corrected chi connectivity index (χ0v) is 13.1. The zero-order chi connectivity index (χ0) is 15.4. The molecule has 1 aliphatic heterocycles. The molecular formula is C17H25N3O2. The standard InChI is InChI=1S/C17H25N3O2/c21-16(12-17(22)6-2-1-3-7-17)20-10-4-14(5-11-20)15-13-18-8-9-19-15/h8-9,13-14,22H,1-7,10-12H2. The lowest BCUT2D eigenvalue weighted by Crippen LogP contribution is -2.43. The number of hydrogen-bond donors (Lipinski definition) is 1. The lowest BCUT2D eigenvalue weighted by atomic mass is 9.82. The van der Waals surface area contributed by atoms with Crippen molar-refractivity contribution >= 4 is 5.91 Å². The number of hydrogen-bond acceptors (Lipinski definition) is 4. The molecule has 0 spiro atoms. The van der Waals surface area contributed by atoms with E-state index < -0.39 is 5.60 Å². The van der Waals surface area contributed by atoms with E-state index in [1.54, 1.807) is 12.4 Å². The Morgan fingerprint density at radius 2 is 1.95 bits per heavy atom. The average Bonchev–Trinajstić information content (AvgIpc) is 2.56. The van der Waals surface area contributed by atoms with Crippen LogP contribution in [-0.2, 0) is 4.79 Å².